The lowest BCUT2D eigenvalue weighted by atomic mass is 9.96. The molecule has 0 aromatic carbocycles. The van der Waals surface area contributed by atoms with Crippen LogP contribution >= 0.6 is 0 Å². The molecule has 2 rings (SSSR count). The van der Waals surface area contributed by atoms with Gasteiger partial charge in [0.1, 0.15) is 6.23 Å². The molecule has 0 radical (unpaired) electrons. The van der Waals surface area contributed by atoms with Gasteiger partial charge in [0.05, 0.1) is 0 Å². The molecule has 0 saturated heterocycles. The Morgan fingerprint density at radius 1 is 1.60 bits per heavy atom. The SMILES string of the molecule is COC1C=CNC2=C(CC[C@H](N)C2)N1C. The number of nitrogens with two attached hydrogens (primary N) is 1. The summed E-state index contributed by atoms with van der Waals surface area (Å²) in [6, 6.07) is 0.289. The van der Waals surface area contributed by atoms with E-state index in [9.17, 15) is 0 Å². The summed E-state index contributed by atoms with van der Waals surface area (Å²) in [4.78, 5) is 2.18. The van der Waals surface area contributed by atoms with Crippen LogP contribution in [0.1, 0.15) is 19.3 Å². The molecule has 0 amide bonds. The van der Waals surface area contributed by atoms with Crippen molar-refractivity contribution in [3.8, 4) is 0 Å². The van der Waals surface area contributed by atoms with Crippen LogP contribution in [0.5, 0.6) is 0 Å². The van der Waals surface area contributed by atoms with E-state index in [0.717, 1.165) is 19.3 Å². The average molecular weight is 209 g/mol. The highest BCUT2D eigenvalue weighted by molar-refractivity contribution is 5.21. The smallest absolute Gasteiger partial charge is 0.150 e. The molecule has 2 atom stereocenters. The van der Waals surface area contributed by atoms with Crippen LogP contribution in [0, 0.1) is 0 Å². The van der Waals surface area contributed by atoms with Crippen molar-refractivity contribution in [1.82, 2.24) is 10.2 Å². The van der Waals surface area contributed by atoms with Crippen molar-refractivity contribution >= 4 is 0 Å². The molecule has 0 aromatic rings. The van der Waals surface area contributed by atoms with Gasteiger partial charge in [-0.05, 0) is 18.9 Å². The summed E-state index contributed by atoms with van der Waals surface area (Å²) < 4.78 is 5.39. The lowest BCUT2D eigenvalue weighted by Gasteiger charge is -2.32. The van der Waals surface area contributed by atoms with Gasteiger partial charge in [0.2, 0.25) is 0 Å². The first kappa shape index (κ1) is 10.5. The van der Waals surface area contributed by atoms with Crippen molar-refractivity contribution in [2.45, 2.75) is 31.5 Å². The van der Waals surface area contributed by atoms with E-state index in [0.29, 0.717) is 0 Å². The van der Waals surface area contributed by atoms with Crippen LogP contribution in [0.3, 0.4) is 0 Å². The Bertz CT molecular complexity index is 298. The molecule has 15 heavy (non-hydrogen) atoms. The lowest BCUT2D eigenvalue weighted by Crippen LogP contribution is -2.35. The molecule has 1 unspecified atom stereocenters. The number of allylic oxidation sites excluding steroid dienone is 1. The van der Waals surface area contributed by atoms with Crippen molar-refractivity contribution in [2.75, 3.05) is 14.2 Å². The van der Waals surface area contributed by atoms with Gasteiger partial charge in [0.15, 0.2) is 0 Å². The van der Waals surface area contributed by atoms with Gasteiger partial charge in [-0.1, -0.05) is 0 Å². The number of ether oxygens (including phenoxy) is 1. The number of rotatable bonds is 1. The van der Waals surface area contributed by atoms with E-state index in [1.807, 2.05) is 12.3 Å². The maximum atomic E-state index is 5.96. The van der Waals surface area contributed by atoms with Crippen LogP contribution in [-0.2, 0) is 4.74 Å². The normalized spacial score (nSPS) is 31.0. The molecular formula is C11H19N3O. The summed E-state index contributed by atoms with van der Waals surface area (Å²) >= 11 is 0. The maximum Gasteiger partial charge on any atom is 0.150 e. The Morgan fingerprint density at radius 2 is 2.40 bits per heavy atom. The van der Waals surface area contributed by atoms with E-state index in [4.69, 9.17) is 10.5 Å². The molecule has 2 aliphatic rings. The number of likely N-dealkylation sites (N-methyl/N-ethyl adjacent to an activating group) is 1. The third kappa shape index (κ3) is 2.01. The van der Waals surface area contributed by atoms with Crippen molar-refractivity contribution in [3.05, 3.63) is 23.7 Å². The van der Waals surface area contributed by atoms with Crippen LogP contribution in [0.2, 0.25) is 0 Å². The van der Waals surface area contributed by atoms with Gasteiger partial charge in [0.25, 0.3) is 0 Å². The van der Waals surface area contributed by atoms with Crippen molar-refractivity contribution in [3.63, 3.8) is 0 Å². The fourth-order valence-corrected chi connectivity index (χ4v) is 2.24. The molecule has 0 fully saturated rings. The Morgan fingerprint density at radius 3 is 3.13 bits per heavy atom. The standard InChI is InChI=1S/C11H19N3O/c1-14-10-4-3-8(12)7-9(10)13-6-5-11(14)15-2/h5-6,8,11,13H,3-4,7,12H2,1-2H3/t8-,11?/m0/s1. The molecule has 0 aromatic heterocycles. The molecule has 0 saturated carbocycles. The van der Waals surface area contributed by atoms with Gasteiger partial charge >= 0.3 is 0 Å². The Labute approximate surface area is 90.8 Å². The molecule has 0 spiro atoms. The summed E-state index contributed by atoms with van der Waals surface area (Å²) in [6.45, 7) is 0. The molecule has 3 N–H and O–H groups in total. The van der Waals surface area contributed by atoms with Gasteiger partial charge in [-0.3, -0.25) is 0 Å². The van der Waals surface area contributed by atoms with E-state index in [1.54, 1.807) is 7.11 Å². The van der Waals surface area contributed by atoms with Crippen molar-refractivity contribution < 1.29 is 4.74 Å². The third-order valence-electron chi connectivity index (χ3n) is 3.13. The largest absolute Gasteiger partial charge is 0.364 e. The minimum absolute atomic E-state index is 0.0272. The number of hydrogen-bond acceptors (Lipinski definition) is 4. The summed E-state index contributed by atoms with van der Waals surface area (Å²) in [5.74, 6) is 0. The highest BCUT2D eigenvalue weighted by Gasteiger charge is 2.25. The predicted octanol–water partition coefficient (Wildman–Crippen LogP) is 0.730. The second-order valence-electron chi connectivity index (χ2n) is 4.17. The number of hydrogen-bond donors (Lipinski definition) is 2. The first-order valence-corrected chi connectivity index (χ1v) is 5.39. The topological polar surface area (TPSA) is 50.5 Å². The molecule has 84 valence electrons. The van der Waals surface area contributed by atoms with Gasteiger partial charge in [-0.15, -0.1) is 0 Å². The Balaban J connectivity index is 2.24. The first-order chi connectivity index (χ1) is 7.22. The van der Waals surface area contributed by atoms with E-state index in [1.165, 1.54) is 11.4 Å². The van der Waals surface area contributed by atoms with Crippen molar-refractivity contribution in [1.29, 1.82) is 0 Å². The van der Waals surface area contributed by atoms with E-state index in [2.05, 4.69) is 17.3 Å². The fourth-order valence-electron chi connectivity index (χ4n) is 2.24. The molecule has 4 nitrogen and oxygen atoms in total. The van der Waals surface area contributed by atoms with E-state index >= 15 is 0 Å². The molecule has 4 heteroatoms. The predicted molar refractivity (Wildman–Crippen MR) is 59.7 cm³/mol. The summed E-state index contributed by atoms with van der Waals surface area (Å²) in [5.41, 5.74) is 8.53. The third-order valence-corrected chi connectivity index (χ3v) is 3.13. The summed E-state index contributed by atoms with van der Waals surface area (Å²) in [6.07, 6.45) is 7.01. The van der Waals surface area contributed by atoms with Crippen LogP contribution in [-0.4, -0.2) is 31.3 Å². The van der Waals surface area contributed by atoms with E-state index in [-0.39, 0.29) is 12.3 Å². The second kappa shape index (κ2) is 4.24. The Hall–Kier alpha value is -1.00. The van der Waals surface area contributed by atoms with Gasteiger partial charge in [-0.2, -0.15) is 0 Å². The number of nitrogens with one attached hydrogen (secondary N) is 1. The Kier molecular flexibility index (Phi) is 2.98. The fraction of sp³-hybridized carbons (Fsp3) is 0.636. The van der Waals surface area contributed by atoms with Crippen LogP contribution in [0.4, 0.5) is 0 Å². The molecular weight excluding hydrogens is 190 g/mol. The molecule has 0 bridgehead atoms. The maximum absolute atomic E-state index is 5.96. The van der Waals surface area contributed by atoms with Gasteiger partial charge in [0, 0.05) is 44.2 Å². The highest BCUT2D eigenvalue weighted by atomic mass is 16.5. The van der Waals surface area contributed by atoms with Crippen LogP contribution in [0.25, 0.3) is 0 Å². The molecule has 1 aliphatic heterocycles. The lowest BCUT2D eigenvalue weighted by molar-refractivity contribution is 0.0356. The average Bonchev–Trinajstić information content (AvgIpc) is 2.37. The molecule has 1 aliphatic carbocycles. The van der Waals surface area contributed by atoms with Crippen molar-refractivity contribution in [2.24, 2.45) is 5.73 Å². The minimum Gasteiger partial charge on any atom is -0.364 e. The van der Waals surface area contributed by atoms with Crippen LogP contribution in [0.15, 0.2) is 23.7 Å². The number of methoxy groups -OCH3 is 1. The minimum atomic E-state index is 0.0272. The zero-order valence-electron chi connectivity index (χ0n) is 9.36. The number of nitrogens with zero attached hydrogens (tertiary/aromatic N) is 1. The quantitative estimate of drug-likeness (QED) is 0.668. The molecule has 1 heterocycles. The highest BCUT2D eigenvalue weighted by Crippen LogP contribution is 2.27. The summed E-state index contributed by atoms with van der Waals surface area (Å²) in [7, 11) is 3.79. The van der Waals surface area contributed by atoms with Gasteiger partial charge < -0.3 is 20.7 Å². The second-order valence-corrected chi connectivity index (χ2v) is 4.17. The zero-order chi connectivity index (χ0) is 10.8. The zero-order valence-corrected chi connectivity index (χ0v) is 9.36. The van der Waals surface area contributed by atoms with Gasteiger partial charge in [-0.25, -0.2) is 0 Å². The first-order valence-electron chi connectivity index (χ1n) is 5.39. The monoisotopic (exact) mass is 209 g/mol. The van der Waals surface area contributed by atoms with E-state index < -0.39 is 0 Å². The summed E-state index contributed by atoms with van der Waals surface area (Å²) in [5, 5.41) is 3.31. The van der Waals surface area contributed by atoms with Crippen LogP contribution < -0.4 is 11.1 Å².